The molecular weight excluding hydrogens is 474 g/mol. The maximum Gasteiger partial charge on any atom is 0.143 e. The molecular formula is C37H27NO. The fraction of sp³-hybridized carbons (Fsp3) is 0.0270. The molecule has 0 N–H and O–H groups in total. The van der Waals surface area contributed by atoms with Crippen molar-refractivity contribution >= 4 is 33.3 Å². The average Bonchev–Trinajstić information content (AvgIpc) is 3.40. The number of hydrogen-bond donors (Lipinski definition) is 0. The summed E-state index contributed by atoms with van der Waals surface area (Å²) < 4.78 is 6.43. The summed E-state index contributed by atoms with van der Waals surface area (Å²) in [6.45, 7) is 0. The van der Waals surface area contributed by atoms with Crippen molar-refractivity contribution in [3.63, 3.8) is 0 Å². The monoisotopic (exact) mass is 501 g/mol. The van der Waals surface area contributed by atoms with Crippen LogP contribution in [-0.4, -0.2) is 7.05 Å². The van der Waals surface area contributed by atoms with Gasteiger partial charge in [-0.05, 0) is 46.5 Å². The molecule has 0 fully saturated rings. The first-order valence-electron chi connectivity index (χ1n) is 13.3. The molecule has 0 saturated heterocycles. The molecule has 6 aromatic carbocycles. The van der Waals surface area contributed by atoms with Crippen LogP contribution in [0.4, 0.5) is 11.4 Å². The van der Waals surface area contributed by atoms with Crippen molar-refractivity contribution in [1.82, 2.24) is 0 Å². The third kappa shape index (κ3) is 4.07. The van der Waals surface area contributed by atoms with Crippen LogP contribution < -0.4 is 4.90 Å². The molecule has 7 aromatic rings. The van der Waals surface area contributed by atoms with Crippen LogP contribution in [0.2, 0.25) is 0 Å². The van der Waals surface area contributed by atoms with Crippen LogP contribution in [0.5, 0.6) is 0 Å². The summed E-state index contributed by atoms with van der Waals surface area (Å²) in [5, 5.41) is 2.28. The van der Waals surface area contributed by atoms with Gasteiger partial charge in [-0.1, -0.05) is 121 Å². The van der Waals surface area contributed by atoms with Gasteiger partial charge in [0.2, 0.25) is 0 Å². The van der Waals surface area contributed by atoms with E-state index in [4.69, 9.17) is 4.42 Å². The molecule has 0 atom stereocenters. The lowest BCUT2D eigenvalue weighted by Crippen LogP contribution is -2.11. The van der Waals surface area contributed by atoms with Gasteiger partial charge in [0.15, 0.2) is 0 Å². The highest BCUT2D eigenvalue weighted by Gasteiger charge is 2.18. The quantitative estimate of drug-likeness (QED) is 0.233. The predicted molar refractivity (Wildman–Crippen MR) is 165 cm³/mol. The third-order valence-corrected chi connectivity index (χ3v) is 7.52. The van der Waals surface area contributed by atoms with Crippen LogP contribution in [-0.2, 0) is 0 Å². The molecule has 0 saturated carbocycles. The fourth-order valence-corrected chi connectivity index (χ4v) is 5.56. The Balaban J connectivity index is 1.41. The van der Waals surface area contributed by atoms with Gasteiger partial charge in [-0.15, -0.1) is 0 Å². The molecule has 1 aromatic heterocycles. The van der Waals surface area contributed by atoms with Crippen molar-refractivity contribution < 1.29 is 4.42 Å². The molecule has 0 aliphatic rings. The lowest BCUT2D eigenvalue weighted by atomic mass is 9.92. The Morgan fingerprint density at radius 3 is 1.87 bits per heavy atom. The van der Waals surface area contributed by atoms with Crippen molar-refractivity contribution in [2.75, 3.05) is 11.9 Å². The second kappa shape index (κ2) is 9.66. The molecule has 7 rings (SSSR count). The van der Waals surface area contributed by atoms with Gasteiger partial charge in [0, 0.05) is 40.3 Å². The first kappa shape index (κ1) is 23.1. The molecule has 2 heteroatoms. The largest absolute Gasteiger partial charge is 0.455 e. The maximum atomic E-state index is 6.43. The van der Waals surface area contributed by atoms with E-state index in [0.29, 0.717) is 0 Å². The second-order valence-electron chi connectivity index (χ2n) is 9.82. The number of hydrogen-bond acceptors (Lipinski definition) is 2. The minimum atomic E-state index is 0.912. The van der Waals surface area contributed by atoms with Crippen LogP contribution in [0.1, 0.15) is 0 Å². The number of anilines is 2. The minimum Gasteiger partial charge on any atom is -0.455 e. The van der Waals surface area contributed by atoms with Gasteiger partial charge < -0.3 is 9.32 Å². The fourth-order valence-electron chi connectivity index (χ4n) is 5.56. The summed E-state index contributed by atoms with van der Waals surface area (Å²) in [7, 11) is 2.14. The van der Waals surface area contributed by atoms with Crippen molar-refractivity contribution in [2.24, 2.45) is 0 Å². The molecule has 39 heavy (non-hydrogen) atoms. The first-order chi connectivity index (χ1) is 19.3. The van der Waals surface area contributed by atoms with Gasteiger partial charge in [-0.2, -0.15) is 0 Å². The highest BCUT2D eigenvalue weighted by atomic mass is 16.3. The zero-order chi connectivity index (χ0) is 26.2. The Bertz CT molecular complexity index is 1920. The zero-order valence-corrected chi connectivity index (χ0v) is 21.7. The van der Waals surface area contributed by atoms with E-state index in [1.165, 1.54) is 22.3 Å². The molecule has 0 aliphatic heterocycles. The van der Waals surface area contributed by atoms with Crippen LogP contribution in [0.15, 0.2) is 150 Å². The van der Waals surface area contributed by atoms with E-state index >= 15 is 0 Å². The SMILES string of the molecule is CN(c1ccc(-c2cccc3c2oc2ccccc23)c(-c2ccccc2)c1)c1ccccc1-c1ccccc1. The number of furan rings is 1. The number of fused-ring (bicyclic) bond motifs is 3. The van der Waals surface area contributed by atoms with Gasteiger partial charge in [0.05, 0.1) is 0 Å². The average molecular weight is 502 g/mol. The van der Waals surface area contributed by atoms with Crippen molar-refractivity contribution in [1.29, 1.82) is 0 Å². The normalized spacial score (nSPS) is 11.2. The number of nitrogens with zero attached hydrogens (tertiary/aromatic N) is 1. The summed E-state index contributed by atoms with van der Waals surface area (Å²) >= 11 is 0. The lowest BCUT2D eigenvalue weighted by molar-refractivity contribution is 0.670. The number of rotatable bonds is 5. The molecule has 0 bridgehead atoms. The molecule has 0 aliphatic carbocycles. The first-order valence-corrected chi connectivity index (χ1v) is 13.3. The van der Waals surface area contributed by atoms with E-state index in [2.05, 4.69) is 145 Å². The molecule has 0 unspecified atom stereocenters. The summed E-state index contributed by atoms with van der Waals surface area (Å²) in [5.41, 5.74) is 11.1. The van der Waals surface area contributed by atoms with E-state index in [-0.39, 0.29) is 0 Å². The molecule has 1 heterocycles. The Labute approximate surface area is 228 Å². The number of para-hydroxylation sites is 3. The third-order valence-electron chi connectivity index (χ3n) is 7.52. The highest BCUT2D eigenvalue weighted by Crippen LogP contribution is 2.42. The van der Waals surface area contributed by atoms with Crippen LogP contribution in [0.25, 0.3) is 55.3 Å². The van der Waals surface area contributed by atoms with Gasteiger partial charge in [-0.25, -0.2) is 0 Å². The Morgan fingerprint density at radius 1 is 0.462 bits per heavy atom. The smallest absolute Gasteiger partial charge is 0.143 e. The maximum absolute atomic E-state index is 6.43. The van der Waals surface area contributed by atoms with Gasteiger partial charge in [0.25, 0.3) is 0 Å². The van der Waals surface area contributed by atoms with E-state index in [0.717, 1.165) is 44.4 Å². The van der Waals surface area contributed by atoms with E-state index < -0.39 is 0 Å². The van der Waals surface area contributed by atoms with Crippen LogP contribution in [0, 0.1) is 0 Å². The lowest BCUT2D eigenvalue weighted by Gasteiger charge is -2.24. The summed E-state index contributed by atoms with van der Waals surface area (Å²) in [6.07, 6.45) is 0. The van der Waals surface area contributed by atoms with E-state index in [1.54, 1.807) is 0 Å². The van der Waals surface area contributed by atoms with Gasteiger partial charge >= 0.3 is 0 Å². The van der Waals surface area contributed by atoms with Gasteiger partial charge in [0.1, 0.15) is 11.2 Å². The molecule has 186 valence electrons. The molecule has 0 amide bonds. The van der Waals surface area contributed by atoms with Crippen molar-refractivity contribution in [3.05, 3.63) is 146 Å². The Kier molecular flexibility index (Phi) is 5.71. The topological polar surface area (TPSA) is 16.4 Å². The van der Waals surface area contributed by atoms with E-state index in [1.807, 2.05) is 12.1 Å². The van der Waals surface area contributed by atoms with E-state index in [9.17, 15) is 0 Å². The van der Waals surface area contributed by atoms with Gasteiger partial charge in [-0.3, -0.25) is 0 Å². The summed E-state index contributed by atoms with van der Waals surface area (Å²) in [6, 6.07) is 51.2. The zero-order valence-electron chi connectivity index (χ0n) is 21.7. The minimum absolute atomic E-state index is 0.912. The van der Waals surface area contributed by atoms with Crippen molar-refractivity contribution in [2.45, 2.75) is 0 Å². The second-order valence-corrected chi connectivity index (χ2v) is 9.82. The Hall–Kier alpha value is -5.08. The highest BCUT2D eigenvalue weighted by molar-refractivity contribution is 6.10. The van der Waals surface area contributed by atoms with Crippen molar-refractivity contribution in [3.8, 4) is 33.4 Å². The number of benzene rings is 6. The van der Waals surface area contributed by atoms with Crippen LogP contribution in [0.3, 0.4) is 0 Å². The molecule has 0 radical (unpaired) electrons. The Morgan fingerprint density at radius 2 is 1.08 bits per heavy atom. The molecule has 2 nitrogen and oxygen atoms in total. The summed E-state index contributed by atoms with van der Waals surface area (Å²) in [4.78, 5) is 2.28. The van der Waals surface area contributed by atoms with Crippen LogP contribution >= 0.6 is 0 Å². The summed E-state index contributed by atoms with van der Waals surface area (Å²) in [5.74, 6) is 0. The predicted octanol–water partition coefficient (Wildman–Crippen LogP) is 10.4. The standard InChI is InChI=1S/C37H27NO/c1-38(35-21-10-8-17-29(35)26-13-4-2-5-14-26)28-23-24-30(34(25-28)27-15-6-3-7-16-27)32-19-12-20-33-31-18-9-11-22-36(31)39-37(32)33/h2-25H,1H3. The molecule has 0 spiro atoms.